The summed E-state index contributed by atoms with van der Waals surface area (Å²) in [5.74, 6) is 3.02. The van der Waals surface area contributed by atoms with E-state index in [0.29, 0.717) is 0 Å². The van der Waals surface area contributed by atoms with Crippen LogP contribution in [0.25, 0.3) is 20.9 Å². The van der Waals surface area contributed by atoms with Crippen LogP contribution in [0.1, 0.15) is 0 Å². The van der Waals surface area contributed by atoms with Crippen LogP contribution in [0.2, 0.25) is 0 Å². The third kappa shape index (κ3) is 3.81. The third-order valence-electron chi connectivity index (χ3n) is 3.94. The fourth-order valence-corrected chi connectivity index (χ4v) is 4.47. The van der Waals surface area contributed by atoms with E-state index in [1.807, 2.05) is 36.4 Å². The molecule has 0 fully saturated rings. The van der Waals surface area contributed by atoms with Gasteiger partial charge in [-0.1, -0.05) is 0 Å². The minimum Gasteiger partial charge on any atom is -0.497 e. The standard InChI is InChI=1S/C20H19BrO4S/c1-22-14-5-12(6-15(9-14)23-2)19-11-18(21)20(26-19)13-7-16(24-3)10-17(8-13)25-4/h5-11H,1-4H3. The lowest BCUT2D eigenvalue weighted by Crippen LogP contribution is -1.88. The van der Waals surface area contributed by atoms with Crippen LogP contribution in [0.15, 0.2) is 46.9 Å². The maximum atomic E-state index is 5.39. The van der Waals surface area contributed by atoms with E-state index in [4.69, 9.17) is 18.9 Å². The van der Waals surface area contributed by atoms with E-state index in [1.54, 1.807) is 39.8 Å². The summed E-state index contributed by atoms with van der Waals surface area (Å²) < 4.78 is 22.5. The van der Waals surface area contributed by atoms with Crippen molar-refractivity contribution in [2.45, 2.75) is 0 Å². The monoisotopic (exact) mass is 434 g/mol. The van der Waals surface area contributed by atoms with E-state index in [2.05, 4.69) is 22.0 Å². The smallest absolute Gasteiger partial charge is 0.123 e. The lowest BCUT2D eigenvalue weighted by Gasteiger charge is -2.08. The highest BCUT2D eigenvalue weighted by atomic mass is 79.9. The van der Waals surface area contributed by atoms with E-state index in [0.717, 1.165) is 48.4 Å². The Balaban J connectivity index is 2.08. The molecule has 136 valence electrons. The number of halogens is 1. The van der Waals surface area contributed by atoms with Gasteiger partial charge in [-0.2, -0.15) is 0 Å². The van der Waals surface area contributed by atoms with Gasteiger partial charge in [-0.15, -0.1) is 11.3 Å². The largest absolute Gasteiger partial charge is 0.497 e. The first-order valence-corrected chi connectivity index (χ1v) is 9.45. The molecule has 3 rings (SSSR count). The fraction of sp³-hybridized carbons (Fsp3) is 0.200. The molecule has 0 aliphatic carbocycles. The SMILES string of the molecule is COc1cc(OC)cc(-c2cc(Br)c(-c3cc(OC)cc(OC)c3)s2)c1. The minimum atomic E-state index is 0.754. The van der Waals surface area contributed by atoms with E-state index in [9.17, 15) is 0 Å². The molecule has 3 aromatic rings. The molecule has 0 aliphatic rings. The third-order valence-corrected chi connectivity index (χ3v) is 6.06. The molecule has 1 heterocycles. The maximum absolute atomic E-state index is 5.39. The highest BCUT2D eigenvalue weighted by molar-refractivity contribution is 9.10. The number of rotatable bonds is 6. The fourth-order valence-electron chi connectivity index (χ4n) is 2.60. The van der Waals surface area contributed by atoms with Crippen molar-refractivity contribution in [3.05, 3.63) is 46.9 Å². The number of hydrogen-bond donors (Lipinski definition) is 0. The summed E-state index contributed by atoms with van der Waals surface area (Å²) in [6, 6.07) is 13.8. The predicted octanol–water partition coefficient (Wildman–Crippen LogP) is 5.88. The molecular weight excluding hydrogens is 416 g/mol. The predicted molar refractivity (Wildman–Crippen MR) is 109 cm³/mol. The second-order valence-electron chi connectivity index (χ2n) is 5.49. The maximum Gasteiger partial charge on any atom is 0.123 e. The summed E-state index contributed by atoms with van der Waals surface area (Å²) in [4.78, 5) is 2.20. The molecule has 0 saturated carbocycles. The van der Waals surface area contributed by atoms with Gasteiger partial charge in [0.05, 0.1) is 28.4 Å². The van der Waals surface area contributed by atoms with Gasteiger partial charge in [-0.3, -0.25) is 0 Å². The Hall–Kier alpha value is -2.18. The van der Waals surface area contributed by atoms with Crippen LogP contribution in [0.5, 0.6) is 23.0 Å². The van der Waals surface area contributed by atoms with Crippen molar-refractivity contribution in [3.8, 4) is 43.9 Å². The Kier molecular flexibility index (Phi) is 5.74. The number of thiophene rings is 1. The van der Waals surface area contributed by atoms with Gasteiger partial charge < -0.3 is 18.9 Å². The number of benzene rings is 2. The van der Waals surface area contributed by atoms with Gasteiger partial charge in [-0.25, -0.2) is 0 Å². The zero-order valence-electron chi connectivity index (χ0n) is 15.0. The Bertz CT molecular complexity index is 876. The van der Waals surface area contributed by atoms with Crippen LogP contribution in [0.3, 0.4) is 0 Å². The lowest BCUT2D eigenvalue weighted by atomic mass is 10.1. The molecule has 6 heteroatoms. The quantitative estimate of drug-likeness (QED) is 0.485. The van der Waals surface area contributed by atoms with Crippen molar-refractivity contribution in [3.63, 3.8) is 0 Å². The van der Waals surface area contributed by atoms with E-state index in [1.165, 1.54) is 0 Å². The zero-order chi connectivity index (χ0) is 18.7. The second kappa shape index (κ2) is 8.01. The van der Waals surface area contributed by atoms with E-state index >= 15 is 0 Å². The Morgan fingerprint density at radius 3 is 1.46 bits per heavy atom. The summed E-state index contributed by atoms with van der Waals surface area (Å²) in [6.45, 7) is 0. The summed E-state index contributed by atoms with van der Waals surface area (Å²) in [7, 11) is 6.60. The average Bonchev–Trinajstić information content (AvgIpc) is 3.08. The summed E-state index contributed by atoms with van der Waals surface area (Å²) >= 11 is 5.35. The molecule has 2 aromatic carbocycles. The van der Waals surface area contributed by atoms with Gasteiger partial charge in [0.1, 0.15) is 23.0 Å². The first-order chi connectivity index (χ1) is 12.6. The molecule has 0 radical (unpaired) electrons. The van der Waals surface area contributed by atoms with Crippen LogP contribution < -0.4 is 18.9 Å². The van der Waals surface area contributed by atoms with E-state index in [-0.39, 0.29) is 0 Å². The number of ether oxygens (including phenoxy) is 4. The van der Waals surface area contributed by atoms with Gasteiger partial charge in [0.15, 0.2) is 0 Å². The Labute approximate surface area is 165 Å². The van der Waals surface area contributed by atoms with E-state index < -0.39 is 0 Å². The van der Waals surface area contributed by atoms with Gasteiger partial charge in [0.2, 0.25) is 0 Å². The summed E-state index contributed by atoms with van der Waals surface area (Å²) in [6.07, 6.45) is 0. The first kappa shape index (κ1) is 18.6. The highest BCUT2D eigenvalue weighted by Gasteiger charge is 2.14. The van der Waals surface area contributed by atoms with Crippen molar-refractivity contribution < 1.29 is 18.9 Å². The van der Waals surface area contributed by atoms with Crippen LogP contribution in [0.4, 0.5) is 0 Å². The first-order valence-electron chi connectivity index (χ1n) is 7.84. The van der Waals surface area contributed by atoms with Crippen molar-refractivity contribution in [2.75, 3.05) is 28.4 Å². The van der Waals surface area contributed by atoms with Crippen LogP contribution in [-0.2, 0) is 0 Å². The van der Waals surface area contributed by atoms with Crippen molar-refractivity contribution in [1.29, 1.82) is 0 Å². The Morgan fingerprint density at radius 1 is 0.615 bits per heavy atom. The van der Waals surface area contributed by atoms with Crippen LogP contribution >= 0.6 is 27.3 Å². The van der Waals surface area contributed by atoms with Crippen molar-refractivity contribution in [1.82, 2.24) is 0 Å². The average molecular weight is 435 g/mol. The molecule has 0 unspecified atom stereocenters. The number of methoxy groups -OCH3 is 4. The van der Waals surface area contributed by atoms with Gasteiger partial charge >= 0.3 is 0 Å². The van der Waals surface area contributed by atoms with Crippen molar-refractivity contribution >= 4 is 27.3 Å². The van der Waals surface area contributed by atoms with Gasteiger partial charge in [0.25, 0.3) is 0 Å². The molecule has 1 aromatic heterocycles. The molecule has 0 atom stereocenters. The highest BCUT2D eigenvalue weighted by Crippen LogP contribution is 2.44. The molecule has 0 amide bonds. The molecule has 0 saturated heterocycles. The minimum absolute atomic E-state index is 0.754. The molecule has 0 aliphatic heterocycles. The number of hydrogen-bond acceptors (Lipinski definition) is 5. The normalized spacial score (nSPS) is 10.5. The molecule has 26 heavy (non-hydrogen) atoms. The zero-order valence-corrected chi connectivity index (χ0v) is 17.4. The summed E-state index contributed by atoms with van der Waals surface area (Å²) in [5.41, 5.74) is 2.06. The molecule has 0 N–H and O–H groups in total. The van der Waals surface area contributed by atoms with Crippen LogP contribution in [0, 0.1) is 0 Å². The second-order valence-corrected chi connectivity index (χ2v) is 7.40. The molecular formula is C20H19BrO4S. The lowest BCUT2D eigenvalue weighted by molar-refractivity contribution is 0.394. The van der Waals surface area contributed by atoms with Gasteiger partial charge in [0, 0.05) is 31.9 Å². The topological polar surface area (TPSA) is 36.9 Å². The summed E-state index contributed by atoms with van der Waals surface area (Å²) in [5, 5.41) is 0. The Morgan fingerprint density at radius 2 is 1.04 bits per heavy atom. The van der Waals surface area contributed by atoms with Crippen LogP contribution in [-0.4, -0.2) is 28.4 Å². The molecule has 0 spiro atoms. The molecule has 0 bridgehead atoms. The van der Waals surface area contributed by atoms with Crippen molar-refractivity contribution in [2.24, 2.45) is 0 Å². The molecule has 4 nitrogen and oxygen atoms in total. The van der Waals surface area contributed by atoms with Gasteiger partial charge in [-0.05, 0) is 51.8 Å².